The third-order valence-electron chi connectivity index (χ3n) is 5.23. The number of carbonyl (C=O) groups excluding carboxylic acids is 1. The van der Waals surface area contributed by atoms with Crippen LogP contribution in [0.25, 0.3) is 0 Å². The molecular weight excluding hydrogens is 414 g/mol. The summed E-state index contributed by atoms with van der Waals surface area (Å²) in [4.78, 5) is 17.4. The number of sulfonamides is 1. The van der Waals surface area contributed by atoms with Crippen molar-refractivity contribution in [3.05, 3.63) is 59.1 Å². The fourth-order valence-electron chi connectivity index (χ4n) is 3.62. The van der Waals surface area contributed by atoms with Crippen molar-refractivity contribution in [1.82, 2.24) is 9.62 Å². The summed E-state index contributed by atoms with van der Waals surface area (Å²) >= 11 is 5.86. The number of piperidine rings is 1. The summed E-state index contributed by atoms with van der Waals surface area (Å²) in [5.74, 6) is 0.384. The van der Waals surface area contributed by atoms with Crippen LogP contribution in [0, 0.1) is 0 Å². The van der Waals surface area contributed by atoms with E-state index in [0.29, 0.717) is 34.9 Å². The highest BCUT2D eigenvalue weighted by molar-refractivity contribution is 7.89. The van der Waals surface area contributed by atoms with E-state index in [-0.39, 0.29) is 23.9 Å². The summed E-state index contributed by atoms with van der Waals surface area (Å²) in [6.45, 7) is 0.528. The number of rotatable bonds is 4. The number of carbonyl (C=O) groups is 1. The lowest BCUT2D eigenvalue weighted by atomic mass is 10.00. The molecular formula is C20H20ClN3O4S. The average Bonchev–Trinajstić information content (AvgIpc) is 3.04. The second kappa shape index (κ2) is 7.44. The Kier molecular flexibility index (Phi) is 5.10. The predicted octanol–water partition coefficient (Wildman–Crippen LogP) is 2.45. The lowest BCUT2D eigenvalue weighted by molar-refractivity contribution is -0.115. The van der Waals surface area contributed by atoms with Crippen molar-refractivity contribution in [2.24, 2.45) is 4.99 Å². The highest BCUT2D eigenvalue weighted by atomic mass is 35.5. The van der Waals surface area contributed by atoms with E-state index in [0.717, 1.165) is 0 Å². The molecule has 2 aromatic carbocycles. The Hall–Kier alpha value is -2.42. The van der Waals surface area contributed by atoms with Gasteiger partial charge in [-0.15, -0.1) is 0 Å². The van der Waals surface area contributed by atoms with Crippen molar-refractivity contribution in [2.75, 3.05) is 20.2 Å². The number of aliphatic imine (C=N–C) groups is 1. The molecule has 1 amide bonds. The fraction of sp³-hybridized carbons (Fsp3) is 0.300. The molecule has 0 saturated carbocycles. The lowest BCUT2D eigenvalue weighted by Gasteiger charge is -2.36. The van der Waals surface area contributed by atoms with Gasteiger partial charge in [-0.05, 0) is 36.4 Å². The Bertz CT molecular complexity index is 1080. The largest absolute Gasteiger partial charge is 0.497 e. The van der Waals surface area contributed by atoms with E-state index in [1.165, 1.54) is 16.4 Å². The van der Waals surface area contributed by atoms with Crippen LogP contribution in [0.15, 0.2) is 58.4 Å². The maximum atomic E-state index is 12.9. The van der Waals surface area contributed by atoms with Gasteiger partial charge in [-0.2, -0.15) is 4.31 Å². The van der Waals surface area contributed by atoms with Gasteiger partial charge in [0.2, 0.25) is 10.0 Å². The van der Waals surface area contributed by atoms with Crippen molar-refractivity contribution in [3.8, 4) is 5.75 Å². The Balaban J connectivity index is 1.53. The van der Waals surface area contributed by atoms with E-state index in [4.69, 9.17) is 16.3 Å². The van der Waals surface area contributed by atoms with Gasteiger partial charge in [0, 0.05) is 36.5 Å². The number of amides is 1. The Morgan fingerprint density at radius 3 is 2.48 bits per heavy atom. The molecule has 2 aromatic rings. The molecule has 4 rings (SSSR count). The molecule has 2 heterocycles. The van der Waals surface area contributed by atoms with Gasteiger partial charge < -0.3 is 10.1 Å². The molecule has 0 bridgehead atoms. The first-order valence-electron chi connectivity index (χ1n) is 9.16. The van der Waals surface area contributed by atoms with Crippen LogP contribution < -0.4 is 10.1 Å². The molecule has 2 aliphatic heterocycles. The second-order valence-electron chi connectivity index (χ2n) is 7.04. The molecule has 152 valence electrons. The fourth-order valence-corrected chi connectivity index (χ4v) is 5.19. The van der Waals surface area contributed by atoms with Crippen LogP contribution in [-0.4, -0.2) is 50.2 Å². The zero-order valence-electron chi connectivity index (χ0n) is 15.8. The Morgan fingerprint density at radius 2 is 1.83 bits per heavy atom. The van der Waals surface area contributed by atoms with Crippen molar-refractivity contribution in [1.29, 1.82) is 0 Å². The zero-order valence-corrected chi connectivity index (χ0v) is 17.3. The molecule has 29 heavy (non-hydrogen) atoms. The highest BCUT2D eigenvalue weighted by Gasteiger charge is 2.44. The van der Waals surface area contributed by atoms with Crippen molar-refractivity contribution >= 4 is 33.2 Å². The SMILES string of the molecule is COc1cccc(C2=NC3(CCN(S(=O)(=O)c4ccc(Cl)cc4)CC3)NC2=O)c1. The minimum Gasteiger partial charge on any atom is -0.497 e. The van der Waals surface area contributed by atoms with Gasteiger partial charge in [0.05, 0.1) is 12.0 Å². The van der Waals surface area contributed by atoms with Crippen molar-refractivity contribution < 1.29 is 17.9 Å². The van der Waals surface area contributed by atoms with E-state index in [2.05, 4.69) is 10.3 Å². The molecule has 1 saturated heterocycles. The molecule has 0 radical (unpaired) electrons. The van der Waals surface area contributed by atoms with Crippen LogP contribution in [0.1, 0.15) is 18.4 Å². The molecule has 1 N–H and O–H groups in total. The molecule has 1 spiro atoms. The molecule has 7 nitrogen and oxygen atoms in total. The van der Waals surface area contributed by atoms with Gasteiger partial charge in [0.15, 0.2) is 0 Å². The quantitative estimate of drug-likeness (QED) is 0.802. The van der Waals surface area contributed by atoms with Crippen LogP contribution in [0.2, 0.25) is 5.02 Å². The number of methoxy groups -OCH3 is 1. The standard InChI is InChI=1S/C20H20ClN3O4S/c1-28-16-4-2-3-14(13-16)18-19(25)23-20(22-18)9-11-24(12-10-20)29(26,27)17-7-5-15(21)6-8-17/h2-8,13H,9-12H2,1H3,(H,23,25). The molecule has 2 aliphatic rings. The van der Waals surface area contributed by atoms with Crippen LogP contribution in [0.5, 0.6) is 5.75 Å². The normalized spacial score (nSPS) is 19.1. The topological polar surface area (TPSA) is 88.1 Å². The predicted molar refractivity (Wildman–Crippen MR) is 110 cm³/mol. The minimum absolute atomic E-state index is 0.203. The van der Waals surface area contributed by atoms with Gasteiger partial charge in [-0.25, -0.2) is 8.42 Å². The maximum absolute atomic E-state index is 12.9. The first kappa shape index (κ1) is 19.9. The van der Waals surface area contributed by atoms with E-state index >= 15 is 0 Å². The van der Waals surface area contributed by atoms with E-state index in [9.17, 15) is 13.2 Å². The van der Waals surface area contributed by atoms with Crippen LogP contribution >= 0.6 is 11.6 Å². The van der Waals surface area contributed by atoms with Crippen LogP contribution in [0.4, 0.5) is 0 Å². The first-order chi connectivity index (χ1) is 13.8. The van der Waals surface area contributed by atoms with Gasteiger partial charge in [-0.1, -0.05) is 23.7 Å². The summed E-state index contributed by atoms with van der Waals surface area (Å²) in [7, 11) is -2.05. The third kappa shape index (κ3) is 3.75. The monoisotopic (exact) mass is 433 g/mol. The molecule has 0 aromatic heterocycles. The number of halogens is 1. The first-order valence-corrected chi connectivity index (χ1v) is 11.0. The number of hydrogen-bond acceptors (Lipinski definition) is 5. The van der Waals surface area contributed by atoms with Gasteiger partial charge in [0.1, 0.15) is 17.1 Å². The minimum atomic E-state index is -3.62. The average molecular weight is 434 g/mol. The third-order valence-corrected chi connectivity index (χ3v) is 7.40. The van der Waals surface area contributed by atoms with Crippen molar-refractivity contribution in [3.63, 3.8) is 0 Å². The number of ether oxygens (including phenoxy) is 1. The number of nitrogens with one attached hydrogen (secondary N) is 1. The summed E-state index contributed by atoms with van der Waals surface area (Å²) in [6, 6.07) is 13.3. The van der Waals surface area contributed by atoms with E-state index in [1.807, 2.05) is 0 Å². The molecule has 0 aliphatic carbocycles. The summed E-state index contributed by atoms with van der Waals surface area (Å²) in [5, 5.41) is 3.43. The van der Waals surface area contributed by atoms with E-state index < -0.39 is 15.7 Å². The van der Waals surface area contributed by atoms with Crippen LogP contribution in [-0.2, 0) is 14.8 Å². The number of benzene rings is 2. The second-order valence-corrected chi connectivity index (χ2v) is 9.41. The highest BCUT2D eigenvalue weighted by Crippen LogP contribution is 2.32. The molecule has 9 heteroatoms. The number of hydrogen-bond donors (Lipinski definition) is 1. The van der Waals surface area contributed by atoms with Gasteiger partial charge >= 0.3 is 0 Å². The summed E-state index contributed by atoms with van der Waals surface area (Å²) in [6.07, 6.45) is 0.804. The lowest BCUT2D eigenvalue weighted by Crippen LogP contribution is -2.52. The van der Waals surface area contributed by atoms with E-state index in [1.54, 1.807) is 43.5 Å². The van der Waals surface area contributed by atoms with Crippen LogP contribution in [0.3, 0.4) is 0 Å². The Labute approximate surface area is 174 Å². The zero-order chi connectivity index (χ0) is 20.6. The smallest absolute Gasteiger partial charge is 0.272 e. The maximum Gasteiger partial charge on any atom is 0.272 e. The Morgan fingerprint density at radius 1 is 1.14 bits per heavy atom. The summed E-state index contributed by atoms with van der Waals surface area (Å²) < 4.78 is 32.4. The molecule has 0 unspecified atom stereocenters. The van der Waals surface area contributed by atoms with Gasteiger partial charge in [0.25, 0.3) is 5.91 Å². The van der Waals surface area contributed by atoms with Crippen molar-refractivity contribution in [2.45, 2.75) is 23.4 Å². The molecule has 1 fully saturated rings. The summed E-state index contributed by atoms with van der Waals surface area (Å²) in [5.41, 5.74) is 0.245. The molecule has 0 atom stereocenters. The van der Waals surface area contributed by atoms with Gasteiger partial charge in [-0.3, -0.25) is 9.79 Å². The number of nitrogens with zero attached hydrogens (tertiary/aromatic N) is 2.